The maximum Gasteiger partial charge on any atom is 0.322 e. The molecule has 1 aromatic carbocycles. The number of nitrogens with one attached hydrogen (secondary N) is 2. The summed E-state index contributed by atoms with van der Waals surface area (Å²) in [7, 11) is 0. The monoisotopic (exact) mass is 247 g/mol. The van der Waals surface area contributed by atoms with Crippen LogP contribution in [0.25, 0.3) is 0 Å². The highest BCUT2D eigenvalue weighted by Crippen LogP contribution is 2.11. The lowest BCUT2D eigenvalue weighted by molar-refractivity contribution is -0.126. The first-order valence-electron chi connectivity index (χ1n) is 6.00. The number of hydrogen-bond acceptors (Lipinski definition) is 2. The van der Waals surface area contributed by atoms with Crippen molar-refractivity contribution in [3.8, 4) is 0 Å². The maximum absolute atomic E-state index is 12.0. The lowest BCUT2D eigenvalue weighted by Gasteiger charge is -2.32. The summed E-state index contributed by atoms with van der Waals surface area (Å²) < 4.78 is 0. The van der Waals surface area contributed by atoms with E-state index in [4.69, 9.17) is 0 Å². The van der Waals surface area contributed by atoms with Crippen LogP contribution in [0, 0.1) is 6.92 Å². The quantitative estimate of drug-likeness (QED) is 0.787. The van der Waals surface area contributed by atoms with Gasteiger partial charge in [-0.15, -0.1) is 0 Å². The summed E-state index contributed by atoms with van der Waals surface area (Å²) in [4.78, 5) is 25.1. The zero-order valence-corrected chi connectivity index (χ0v) is 10.6. The van der Waals surface area contributed by atoms with Gasteiger partial charge in [-0.25, -0.2) is 4.79 Å². The molecule has 1 aliphatic rings. The summed E-state index contributed by atoms with van der Waals surface area (Å²) in [5.41, 5.74) is 1.88. The number of urea groups is 1. The largest absolute Gasteiger partial charge is 0.353 e. The zero-order valence-electron chi connectivity index (χ0n) is 10.6. The first kappa shape index (κ1) is 12.4. The Labute approximate surface area is 106 Å². The summed E-state index contributed by atoms with van der Waals surface area (Å²) in [6, 6.07) is 6.90. The molecule has 1 aromatic rings. The van der Waals surface area contributed by atoms with Crippen molar-refractivity contribution in [1.82, 2.24) is 10.2 Å². The highest BCUT2D eigenvalue weighted by Gasteiger charge is 2.29. The van der Waals surface area contributed by atoms with Crippen molar-refractivity contribution in [2.75, 3.05) is 18.4 Å². The number of amides is 3. The van der Waals surface area contributed by atoms with E-state index in [1.165, 1.54) is 0 Å². The van der Waals surface area contributed by atoms with Crippen LogP contribution in [-0.4, -0.2) is 36.0 Å². The number of nitrogens with zero attached hydrogens (tertiary/aromatic N) is 1. The molecule has 2 rings (SSSR count). The van der Waals surface area contributed by atoms with Gasteiger partial charge in [0.1, 0.15) is 6.04 Å². The third-order valence-electron chi connectivity index (χ3n) is 3.06. The second kappa shape index (κ2) is 5.08. The van der Waals surface area contributed by atoms with Crippen molar-refractivity contribution >= 4 is 17.6 Å². The molecule has 1 saturated heterocycles. The lowest BCUT2D eigenvalue weighted by Crippen LogP contribution is -2.56. The molecule has 1 fully saturated rings. The van der Waals surface area contributed by atoms with Crippen LogP contribution in [0.3, 0.4) is 0 Å². The van der Waals surface area contributed by atoms with Gasteiger partial charge in [-0.2, -0.15) is 0 Å². The number of rotatable bonds is 1. The molecular formula is C13H17N3O2. The zero-order chi connectivity index (χ0) is 13.1. The number of carbonyl (C=O) groups excluding carboxylic acids is 2. The van der Waals surface area contributed by atoms with Crippen LogP contribution in [0.15, 0.2) is 24.3 Å². The Morgan fingerprint density at radius 2 is 2.06 bits per heavy atom. The Kier molecular flexibility index (Phi) is 3.50. The van der Waals surface area contributed by atoms with E-state index in [0.717, 1.165) is 11.3 Å². The molecule has 0 saturated carbocycles. The molecule has 5 heteroatoms. The van der Waals surface area contributed by atoms with Gasteiger partial charge in [0.25, 0.3) is 0 Å². The number of carbonyl (C=O) groups is 2. The molecule has 5 nitrogen and oxygen atoms in total. The van der Waals surface area contributed by atoms with Crippen LogP contribution in [-0.2, 0) is 4.79 Å². The van der Waals surface area contributed by atoms with E-state index < -0.39 is 6.04 Å². The molecule has 1 unspecified atom stereocenters. The van der Waals surface area contributed by atoms with E-state index in [0.29, 0.717) is 13.1 Å². The molecule has 96 valence electrons. The summed E-state index contributed by atoms with van der Waals surface area (Å²) >= 11 is 0. The van der Waals surface area contributed by atoms with Gasteiger partial charge < -0.3 is 15.5 Å². The molecule has 0 spiro atoms. The van der Waals surface area contributed by atoms with Crippen LogP contribution in [0.1, 0.15) is 12.5 Å². The highest BCUT2D eigenvalue weighted by atomic mass is 16.2. The lowest BCUT2D eigenvalue weighted by atomic mass is 10.2. The van der Waals surface area contributed by atoms with E-state index >= 15 is 0 Å². The first-order chi connectivity index (χ1) is 8.58. The van der Waals surface area contributed by atoms with Gasteiger partial charge in [-0.3, -0.25) is 4.79 Å². The highest BCUT2D eigenvalue weighted by molar-refractivity contribution is 5.94. The Hall–Kier alpha value is -2.04. The van der Waals surface area contributed by atoms with Crippen LogP contribution < -0.4 is 10.6 Å². The Morgan fingerprint density at radius 1 is 1.39 bits per heavy atom. The normalized spacial score (nSPS) is 19.3. The van der Waals surface area contributed by atoms with Gasteiger partial charge in [-0.05, 0) is 26.0 Å². The molecular weight excluding hydrogens is 230 g/mol. The fourth-order valence-electron chi connectivity index (χ4n) is 1.89. The Bertz CT molecular complexity index is 456. The van der Waals surface area contributed by atoms with Crippen molar-refractivity contribution in [2.24, 2.45) is 0 Å². The van der Waals surface area contributed by atoms with Crippen molar-refractivity contribution in [1.29, 1.82) is 0 Å². The van der Waals surface area contributed by atoms with E-state index in [1.807, 2.05) is 31.2 Å². The Morgan fingerprint density at radius 3 is 2.72 bits per heavy atom. The molecule has 18 heavy (non-hydrogen) atoms. The standard InChI is InChI=1S/C13H17N3O2/c1-9-3-5-11(6-4-9)15-13(18)16-8-7-14-12(17)10(16)2/h3-6,10H,7-8H2,1-2H3,(H,14,17)(H,15,18). The average Bonchev–Trinajstić information content (AvgIpc) is 2.35. The second-order valence-electron chi connectivity index (χ2n) is 4.46. The minimum atomic E-state index is -0.427. The van der Waals surface area contributed by atoms with Crippen LogP contribution in [0.4, 0.5) is 10.5 Å². The maximum atomic E-state index is 12.0. The Balaban J connectivity index is 2.03. The first-order valence-corrected chi connectivity index (χ1v) is 6.00. The predicted octanol–water partition coefficient (Wildman–Crippen LogP) is 1.35. The van der Waals surface area contributed by atoms with Gasteiger partial charge in [-0.1, -0.05) is 17.7 Å². The van der Waals surface area contributed by atoms with E-state index in [9.17, 15) is 9.59 Å². The molecule has 1 aliphatic heterocycles. The van der Waals surface area contributed by atoms with Gasteiger partial charge >= 0.3 is 6.03 Å². The number of piperazine rings is 1. The number of anilines is 1. The second-order valence-corrected chi connectivity index (χ2v) is 4.46. The number of aryl methyl sites for hydroxylation is 1. The molecule has 1 heterocycles. The SMILES string of the molecule is Cc1ccc(NC(=O)N2CCNC(=O)C2C)cc1. The fourth-order valence-corrected chi connectivity index (χ4v) is 1.89. The fraction of sp³-hybridized carbons (Fsp3) is 0.385. The molecule has 0 aliphatic carbocycles. The molecule has 0 aromatic heterocycles. The van der Waals surface area contributed by atoms with E-state index in [2.05, 4.69) is 10.6 Å². The van der Waals surface area contributed by atoms with Gasteiger partial charge in [0.15, 0.2) is 0 Å². The van der Waals surface area contributed by atoms with Crippen LogP contribution >= 0.6 is 0 Å². The molecule has 0 bridgehead atoms. The third kappa shape index (κ3) is 2.61. The summed E-state index contributed by atoms with van der Waals surface area (Å²) in [5, 5.41) is 5.52. The van der Waals surface area contributed by atoms with E-state index in [1.54, 1.807) is 11.8 Å². The van der Waals surface area contributed by atoms with Crippen molar-refractivity contribution in [2.45, 2.75) is 19.9 Å². The topological polar surface area (TPSA) is 61.4 Å². The number of benzene rings is 1. The van der Waals surface area contributed by atoms with Gasteiger partial charge in [0, 0.05) is 18.8 Å². The molecule has 2 N–H and O–H groups in total. The van der Waals surface area contributed by atoms with Crippen LogP contribution in [0.2, 0.25) is 0 Å². The minimum Gasteiger partial charge on any atom is -0.353 e. The molecule has 3 amide bonds. The predicted molar refractivity (Wildman–Crippen MR) is 69.4 cm³/mol. The summed E-state index contributed by atoms with van der Waals surface area (Å²) in [6.45, 7) is 4.75. The van der Waals surface area contributed by atoms with Gasteiger partial charge in [0.2, 0.25) is 5.91 Å². The third-order valence-corrected chi connectivity index (χ3v) is 3.06. The average molecular weight is 247 g/mol. The molecule has 0 radical (unpaired) electrons. The van der Waals surface area contributed by atoms with Crippen LogP contribution in [0.5, 0.6) is 0 Å². The van der Waals surface area contributed by atoms with Crippen molar-refractivity contribution in [3.63, 3.8) is 0 Å². The smallest absolute Gasteiger partial charge is 0.322 e. The summed E-state index contributed by atoms with van der Waals surface area (Å²) in [6.07, 6.45) is 0. The van der Waals surface area contributed by atoms with Gasteiger partial charge in [0.05, 0.1) is 0 Å². The number of hydrogen-bond donors (Lipinski definition) is 2. The molecule has 1 atom stereocenters. The van der Waals surface area contributed by atoms with E-state index in [-0.39, 0.29) is 11.9 Å². The van der Waals surface area contributed by atoms with Crippen molar-refractivity contribution in [3.05, 3.63) is 29.8 Å². The summed E-state index contributed by atoms with van der Waals surface area (Å²) in [5.74, 6) is -0.111. The minimum absolute atomic E-state index is 0.111. The van der Waals surface area contributed by atoms with Crippen molar-refractivity contribution < 1.29 is 9.59 Å².